The molecule has 34 heavy (non-hydrogen) atoms. The van der Waals surface area contributed by atoms with Crippen molar-refractivity contribution in [3.05, 3.63) is 127 Å². The smallest absolute Gasteiger partial charge is 0.0468 e. The zero-order valence-corrected chi connectivity index (χ0v) is 19.7. The van der Waals surface area contributed by atoms with E-state index in [1.54, 1.807) is 0 Å². The predicted molar refractivity (Wildman–Crippen MR) is 149 cm³/mol. The van der Waals surface area contributed by atoms with E-state index in [4.69, 9.17) is 0 Å². The highest BCUT2D eigenvalue weighted by Crippen LogP contribution is 2.41. The maximum atomic E-state index is 2.33. The number of hydrogen-bond donors (Lipinski definition) is 0. The molecule has 0 aliphatic carbocycles. The van der Waals surface area contributed by atoms with Crippen LogP contribution in [-0.4, -0.2) is 7.05 Å². The predicted octanol–water partition coefficient (Wildman–Crippen LogP) is 9.29. The van der Waals surface area contributed by atoms with Crippen LogP contribution in [0.15, 0.2) is 127 Å². The lowest BCUT2D eigenvalue weighted by Crippen LogP contribution is -2.09. The molecule has 6 aromatic rings. The monoisotopic (exact) mass is 456 g/mol. The van der Waals surface area contributed by atoms with Gasteiger partial charge in [-0.25, -0.2) is 0 Å². The fourth-order valence-electron chi connectivity index (χ4n) is 4.50. The number of anilines is 5. The van der Waals surface area contributed by atoms with Crippen LogP contribution in [0.2, 0.25) is 0 Å². The van der Waals surface area contributed by atoms with E-state index in [0.717, 1.165) is 17.1 Å². The Morgan fingerprint density at radius 2 is 0.882 bits per heavy atom. The average molecular weight is 457 g/mol. The molecule has 164 valence electrons. The van der Waals surface area contributed by atoms with Crippen LogP contribution in [0, 0.1) is 0 Å². The second-order valence-electron chi connectivity index (χ2n) is 8.36. The molecule has 0 unspecified atom stereocenters. The Labute approximate surface area is 203 Å². The first-order valence-electron chi connectivity index (χ1n) is 11.4. The number of nitrogens with zero attached hydrogens (tertiary/aromatic N) is 2. The van der Waals surface area contributed by atoms with Crippen molar-refractivity contribution in [3.8, 4) is 0 Å². The molecule has 2 nitrogen and oxygen atoms in total. The highest BCUT2D eigenvalue weighted by molar-refractivity contribution is 7.25. The van der Waals surface area contributed by atoms with Crippen LogP contribution in [0.3, 0.4) is 0 Å². The first kappa shape index (κ1) is 20.5. The molecule has 0 amide bonds. The van der Waals surface area contributed by atoms with Gasteiger partial charge in [0.1, 0.15) is 0 Å². The van der Waals surface area contributed by atoms with Crippen LogP contribution in [0.5, 0.6) is 0 Å². The minimum absolute atomic E-state index is 1.15. The molecule has 1 aromatic heterocycles. The third-order valence-electron chi connectivity index (χ3n) is 6.25. The quantitative estimate of drug-likeness (QED) is 0.255. The zero-order valence-electron chi connectivity index (χ0n) is 18.9. The molecule has 0 atom stereocenters. The summed E-state index contributed by atoms with van der Waals surface area (Å²) in [7, 11) is 2.13. The summed E-state index contributed by atoms with van der Waals surface area (Å²) in [6, 6.07) is 45.3. The first-order valence-corrected chi connectivity index (χ1v) is 12.2. The van der Waals surface area contributed by atoms with Gasteiger partial charge in [0.25, 0.3) is 0 Å². The van der Waals surface area contributed by atoms with Gasteiger partial charge in [0.05, 0.1) is 0 Å². The number of benzene rings is 5. The standard InChI is InChI=1S/C31H24N2S/c1-32(23-11-5-2-6-12-23)26-17-19-30-28(21-26)29-22-27(18-20-31(29)34-30)33(24-13-7-3-8-14-24)25-15-9-4-10-16-25/h2-22H,1H3. The summed E-state index contributed by atoms with van der Waals surface area (Å²) in [6.07, 6.45) is 0. The molecular formula is C31H24N2S. The molecule has 0 N–H and O–H groups in total. The van der Waals surface area contributed by atoms with Crippen LogP contribution in [0.25, 0.3) is 20.2 Å². The Kier molecular flexibility index (Phi) is 5.25. The molecular weight excluding hydrogens is 432 g/mol. The lowest BCUT2D eigenvalue weighted by atomic mass is 10.1. The van der Waals surface area contributed by atoms with Gasteiger partial charge in [-0.3, -0.25) is 0 Å². The Balaban J connectivity index is 1.50. The number of thiophene rings is 1. The van der Waals surface area contributed by atoms with Crippen molar-refractivity contribution in [3.63, 3.8) is 0 Å². The van der Waals surface area contributed by atoms with E-state index in [-0.39, 0.29) is 0 Å². The van der Waals surface area contributed by atoms with Crippen molar-refractivity contribution in [1.82, 2.24) is 0 Å². The molecule has 0 radical (unpaired) electrons. The molecule has 3 heteroatoms. The zero-order chi connectivity index (χ0) is 22.9. The molecule has 1 heterocycles. The summed E-state index contributed by atoms with van der Waals surface area (Å²) in [4.78, 5) is 4.57. The van der Waals surface area contributed by atoms with Gasteiger partial charge in [0.2, 0.25) is 0 Å². The van der Waals surface area contributed by atoms with E-state index < -0.39 is 0 Å². The Morgan fingerprint density at radius 1 is 0.441 bits per heavy atom. The van der Waals surface area contributed by atoms with Crippen molar-refractivity contribution < 1.29 is 0 Å². The van der Waals surface area contributed by atoms with Gasteiger partial charge in [-0.15, -0.1) is 11.3 Å². The normalized spacial score (nSPS) is 11.1. The van der Waals surface area contributed by atoms with Crippen LogP contribution in [0.1, 0.15) is 0 Å². The van der Waals surface area contributed by atoms with Gasteiger partial charge in [0, 0.05) is 55.7 Å². The first-order chi connectivity index (χ1) is 16.8. The maximum absolute atomic E-state index is 2.33. The highest BCUT2D eigenvalue weighted by atomic mass is 32.1. The van der Waals surface area contributed by atoms with E-state index in [9.17, 15) is 0 Å². The minimum atomic E-state index is 1.15. The number of hydrogen-bond acceptors (Lipinski definition) is 3. The lowest BCUT2D eigenvalue weighted by Gasteiger charge is -2.25. The summed E-state index contributed by atoms with van der Waals surface area (Å²) in [6.45, 7) is 0. The second kappa shape index (κ2) is 8.69. The fraction of sp³-hybridized carbons (Fsp3) is 0.0323. The van der Waals surface area contributed by atoms with E-state index >= 15 is 0 Å². The summed E-state index contributed by atoms with van der Waals surface area (Å²) < 4.78 is 2.61. The fourth-order valence-corrected chi connectivity index (χ4v) is 5.57. The Bertz CT molecular complexity index is 1520. The molecule has 0 spiro atoms. The maximum Gasteiger partial charge on any atom is 0.0468 e. The Hall–Kier alpha value is -4.08. The van der Waals surface area contributed by atoms with Crippen molar-refractivity contribution in [2.45, 2.75) is 0 Å². The number of para-hydroxylation sites is 3. The van der Waals surface area contributed by atoms with Gasteiger partial charge >= 0.3 is 0 Å². The van der Waals surface area contributed by atoms with Gasteiger partial charge < -0.3 is 9.80 Å². The molecule has 0 aliphatic rings. The van der Waals surface area contributed by atoms with Gasteiger partial charge in [-0.1, -0.05) is 54.6 Å². The average Bonchev–Trinajstić information content (AvgIpc) is 3.27. The molecule has 0 saturated carbocycles. The van der Waals surface area contributed by atoms with E-state index in [1.165, 1.54) is 31.5 Å². The molecule has 5 aromatic carbocycles. The topological polar surface area (TPSA) is 6.48 Å². The summed E-state index contributed by atoms with van der Waals surface area (Å²) in [5.41, 5.74) is 5.83. The third-order valence-corrected chi connectivity index (χ3v) is 7.41. The van der Waals surface area contributed by atoms with Crippen LogP contribution < -0.4 is 9.80 Å². The van der Waals surface area contributed by atoms with Gasteiger partial charge in [0.15, 0.2) is 0 Å². The van der Waals surface area contributed by atoms with Crippen molar-refractivity contribution >= 4 is 59.9 Å². The van der Waals surface area contributed by atoms with Gasteiger partial charge in [-0.2, -0.15) is 0 Å². The van der Waals surface area contributed by atoms with Crippen molar-refractivity contribution in [2.24, 2.45) is 0 Å². The minimum Gasteiger partial charge on any atom is -0.345 e. The van der Waals surface area contributed by atoms with E-state index in [2.05, 4.69) is 144 Å². The molecule has 0 aliphatic heterocycles. The lowest BCUT2D eigenvalue weighted by molar-refractivity contribution is 1.21. The summed E-state index contributed by atoms with van der Waals surface area (Å²) in [5.74, 6) is 0. The van der Waals surface area contributed by atoms with Crippen LogP contribution >= 0.6 is 11.3 Å². The molecule has 6 rings (SSSR count). The molecule has 0 fully saturated rings. The second-order valence-corrected chi connectivity index (χ2v) is 9.45. The van der Waals surface area contributed by atoms with Crippen LogP contribution in [-0.2, 0) is 0 Å². The third kappa shape index (κ3) is 3.70. The Morgan fingerprint density at radius 3 is 1.41 bits per heavy atom. The van der Waals surface area contributed by atoms with E-state index in [1.807, 2.05) is 11.3 Å². The molecule has 0 bridgehead atoms. The highest BCUT2D eigenvalue weighted by Gasteiger charge is 2.15. The van der Waals surface area contributed by atoms with Crippen molar-refractivity contribution in [1.29, 1.82) is 0 Å². The summed E-state index contributed by atoms with van der Waals surface area (Å²) >= 11 is 1.85. The molecule has 0 saturated heterocycles. The van der Waals surface area contributed by atoms with E-state index in [0.29, 0.717) is 0 Å². The van der Waals surface area contributed by atoms with Gasteiger partial charge in [-0.05, 0) is 72.8 Å². The van der Waals surface area contributed by atoms with Crippen LogP contribution in [0.4, 0.5) is 28.4 Å². The number of fused-ring (bicyclic) bond motifs is 3. The summed E-state index contributed by atoms with van der Waals surface area (Å²) in [5, 5.41) is 2.58. The SMILES string of the molecule is CN(c1ccccc1)c1ccc2sc3ccc(N(c4ccccc4)c4ccccc4)cc3c2c1. The van der Waals surface area contributed by atoms with Crippen molar-refractivity contribution in [2.75, 3.05) is 16.8 Å². The number of rotatable bonds is 5. The largest absolute Gasteiger partial charge is 0.345 e.